The molecular formula is C32H66O8Si3. The fraction of sp³-hybridized carbons (Fsp3) is 0.938. The quantitative estimate of drug-likeness (QED) is 0.101. The molecule has 0 saturated carbocycles. The van der Waals surface area contributed by atoms with E-state index < -0.39 is 66.9 Å². The van der Waals surface area contributed by atoms with E-state index in [1.54, 1.807) is 6.92 Å². The standard InChI is InChI=1S/C32H66O8Si3/c1-14-35-30(33)29-28(40-43(21-8,22-9)23-10)27(39-42(18-5,19-6)20-7)26(38-41(15-2,16-3)17-4)25(37-29)24-36-31(34)32(11,12)13/h25-29H,14-24H2,1-13H3/t25?,26-,27+,28-,29?/m1/s1. The molecule has 1 saturated heterocycles. The van der Waals surface area contributed by atoms with Crippen LogP contribution in [0.15, 0.2) is 0 Å². The van der Waals surface area contributed by atoms with Gasteiger partial charge in [-0.2, -0.15) is 0 Å². The average Bonchev–Trinajstić information content (AvgIpc) is 3.01. The fourth-order valence-electron chi connectivity index (χ4n) is 6.11. The Morgan fingerprint density at radius 3 is 1.30 bits per heavy atom. The topological polar surface area (TPSA) is 89.5 Å². The Morgan fingerprint density at radius 2 is 0.953 bits per heavy atom. The van der Waals surface area contributed by atoms with Crippen molar-refractivity contribution >= 4 is 36.9 Å². The lowest BCUT2D eigenvalue weighted by Gasteiger charge is -2.52. The minimum Gasteiger partial charge on any atom is -0.464 e. The summed E-state index contributed by atoms with van der Waals surface area (Å²) in [7, 11) is -6.68. The maximum atomic E-state index is 13.7. The van der Waals surface area contributed by atoms with Crippen molar-refractivity contribution in [2.45, 2.75) is 175 Å². The first-order valence-corrected chi connectivity index (χ1v) is 24.8. The molecule has 0 amide bonds. The predicted octanol–water partition coefficient (Wildman–Crippen LogP) is 8.08. The summed E-state index contributed by atoms with van der Waals surface area (Å²) in [4.78, 5) is 26.6. The zero-order valence-corrected chi connectivity index (χ0v) is 32.9. The van der Waals surface area contributed by atoms with E-state index in [1.165, 1.54) is 0 Å². The van der Waals surface area contributed by atoms with E-state index in [1.807, 2.05) is 20.8 Å². The normalized spacial score (nSPS) is 23.7. The molecule has 0 aromatic rings. The number of hydrogen-bond acceptors (Lipinski definition) is 8. The third kappa shape index (κ3) is 10.2. The summed E-state index contributed by atoms with van der Waals surface area (Å²) in [6.07, 6.45) is -3.44. The molecule has 0 bridgehead atoms. The molecule has 0 aromatic heterocycles. The van der Waals surface area contributed by atoms with Crippen molar-refractivity contribution < 1.29 is 37.1 Å². The van der Waals surface area contributed by atoms with Crippen LogP contribution >= 0.6 is 0 Å². The number of hydrogen-bond donors (Lipinski definition) is 0. The highest BCUT2D eigenvalue weighted by atomic mass is 28.4. The Hall–Kier alpha value is -0.569. The molecule has 254 valence electrons. The summed E-state index contributed by atoms with van der Waals surface area (Å²) in [5.41, 5.74) is -0.675. The Kier molecular flexibility index (Phi) is 16.9. The first-order valence-electron chi connectivity index (χ1n) is 17.2. The Labute approximate surface area is 267 Å². The van der Waals surface area contributed by atoms with Crippen LogP contribution in [0, 0.1) is 5.41 Å². The smallest absolute Gasteiger partial charge is 0.338 e. The highest BCUT2D eigenvalue weighted by molar-refractivity contribution is 6.74. The number of carbonyl (C=O) groups excluding carboxylic acids is 2. The van der Waals surface area contributed by atoms with Gasteiger partial charge in [0, 0.05) is 0 Å². The highest BCUT2D eigenvalue weighted by Crippen LogP contribution is 2.39. The second kappa shape index (κ2) is 17.9. The lowest BCUT2D eigenvalue weighted by atomic mass is 9.94. The Balaban J connectivity index is 3.97. The third-order valence-electron chi connectivity index (χ3n) is 10.1. The molecule has 0 N–H and O–H groups in total. The number of rotatable bonds is 19. The van der Waals surface area contributed by atoms with Gasteiger partial charge in [-0.05, 0) is 82.1 Å². The SMILES string of the molecule is CCOC(=O)C1OC(COC(=O)C(C)(C)C)[C@@H](O[Si](CC)(CC)CC)[C@H](O[Si](CC)(CC)CC)[C@H]1O[Si](CC)(CC)CC. The number of esters is 2. The molecule has 0 spiro atoms. The lowest BCUT2D eigenvalue weighted by molar-refractivity contribution is -0.229. The molecule has 1 heterocycles. The summed E-state index contributed by atoms with van der Waals surface area (Å²) in [6.45, 7) is 27.3. The molecule has 8 nitrogen and oxygen atoms in total. The van der Waals surface area contributed by atoms with E-state index in [9.17, 15) is 9.59 Å². The second-order valence-electron chi connectivity index (χ2n) is 13.2. The van der Waals surface area contributed by atoms with E-state index in [2.05, 4.69) is 62.3 Å². The molecule has 2 unspecified atom stereocenters. The molecule has 5 atom stereocenters. The van der Waals surface area contributed by atoms with Crippen molar-refractivity contribution in [3.8, 4) is 0 Å². The van der Waals surface area contributed by atoms with E-state index in [-0.39, 0.29) is 19.2 Å². The first-order chi connectivity index (χ1) is 20.2. The predicted molar refractivity (Wildman–Crippen MR) is 182 cm³/mol. The van der Waals surface area contributed by atoms with Crippen molar-refractivity contribution in [1.82, 2.24) is 0 Å². The fourth-order valence-corrected chi connectivity index (χ4v) is 14.7. The van der Waals surface area contributed by atoms with Gasteiger partial charge in [-0.25, -0.2) is 4.79 Å². The van der Waals surface area contributed by atoms with Gasteiger partial charge in [-0.3, -0.25) is 4.79 Å². The van der Waals surface area contributed by atoms with Crippen LogP contribution in [0.4, 0.5) is 0 Å². The largest absolute Gasteiger partial charge is 0.464 e. The van der Waals surface area contributed by atoms with Crippen molar-refractivity contribution in [2.24, 2.45) is 5.41 Å². The number of ether oxygens (including phenoxy) is 3. The Bertz CT molecular complexity index is 812. The van der Waals surface area contributed by atoms with Gasteiger partial charge in [-0.15, -0.1) is 0 Å². The zero-order chi connectivity index (χ0) is 33.1. The summed E-state index contributed by atoms with van der Waals surface area (Å²) in [6, 6.07) is 8.44. The molecule has 1 aliphatic rings. The maximum Gasteiger partial charge on any atom is 0.338 e. The Morgan fingerprint density at radius 1 is 0.581 bits per heavy atom. The molecule has 1 rings (SSSR count). The van der Waals surface area contributed by atoms with Gasteiger partial charge >= 0.3 is 11.9 Å². The van der Waals surface area contributed by atoms with Gasteiger partial charge in [-0.1, -0.05) is 62.3 Å². The van der Waals surface area contributed by atoms with Crippen LogP contribution in [-0.4, -0.2) is 80.6 Å². The third-order valence-corrected chi connectivity index (χ3v) is 24.0. The van der Waals surface area contributed by atoms with Crippen molar-refractivity contribution in [3.63, 3.8) is 0 Å². The minimum absolute atomic E-state index is 0.0261. The summed E-state index contributed by atoms with van der Waals surface area (Å²) in [5, 5.41) is 0. The van der Waals surface area contributed by atoms with Crippen LogP contribution in [0.2, 0.25) is 54.4 Å². The second-order valence-corrected chi connectivity index (χ2v) is 27.3. The van der Waals surface area contributed by atoms with Crippen LogP contribution in [0.3, 0.4) is 0 Å². The van der Waals surface area contributed by atoms with Crippen molar-refractivity contribution in [2.75, 3.05) is 13.2 Å². The highest BCUT2D eigenvalue weighted by Gasteiger charge is 2.56. The molecule has 1 fully saturated rings. The molecule has 0 aliphatic carbocycles. The van der Waals surface area contributed by atoms with Gasteiger partial charge in [0.2, 0.25) is 0 Å². The summed E-state index contributed by atoms with van der Waals surface area (Å²) < 4.78 is 40.0. The maximum absolute atomic E-state index is 13.7. The average molecular weight is 663 g/mol. The minimum atomic E-state index is -2.24. The number of carbonyl (C=O) groups is 2. The van der Waals surface area contributed by atoms with Gasteiger partial charge < -0.3 is 27.5 Å². The van der Waals surface area contributed by atoms with Crippen LogP contribution in [0.25, 0.3) is 0 Å². The molecule has 43 heavy (non-hydrogen) atoms. The van der Waals surface area contributed by atoms with Crippen molar-refractivity contribution in [3.05, 3.63) is 0 Å². The zero-order valence-electron chi connectivity index (χ0n) is 29.9. The summed E-state index contributed by atoms with van der Waals surface area (Å²) in [5.74, 6) is -0.781. The van der Waals surface area contributed by atoms with E-state index in [0.29, 0.717) is 0 Å². The van der Waals surface area contributed by atoms with Gasteiger partial charge in [0.15, 0.2) is 31.1 Å². The molecular weight excluding hydrogens is 597 g/mol. The van der Waals surface area contributed by atoms with Crippen LogP contribution in [0.5, 0.6) is 0 Å². The lowest BCUT2D eigenvalue weighted by Crippen LogP contribution is -2.68. The van der Waals surface area contributed by atoms with Gasteiger partial charge in [0.1, 0.15) is 31.0 Å². The van der Waals surface area contributed by atoms with E-state index in [0.717, 1.165) is 54.4 Å². The molecule has 11 heteroatoms. The van der Waals surface area contributed by atoms with Crippen LogP contribution in [-0.2, 0) is 37.1 Å². The van der Waals surface area contributed by atoms with Gasteiger partial charge in [0.05, 0.1) is 12.0 Å². The van der Waals surface area contributed by atoms with Gasteiger partial charge in [0.25, 0.3) is 0 Å². The molecule has 1 aliphatic heterocycles. The monoisotopic (exact) mass is 662 g/mol. The summed E-state index contributed by atoms with van der Waals surface area (Å²) >= 11 is 0. The first kappa shape index (κ1) is 40.5. The molecule has 0 radical (unpaired) electrons. The molecule has 0 aromatic carbocycles. The van der Waals surface area contributed by atoms with Crippen molar-refractivity contribution in [1.29, 1.82) is 0 Å². The van der Waals surface area contributed by atoms with Crippen LogP contribution < -0.4 is 0 Å². The van der Waals surface area contributed by atoms with E-state index in [4.69, 9.17) is 27.5 Å². The van der Waals surface area contributed by atoms with Crippen LogP contribution in [0.1, 0.15) is 90.0 Å². The van der Waals surface area contributed by atoms with E-state index >= 15 is 0 Å².